The maximum Gasteiger partial charge on any atom is 0.340 e. The topological polar surface area (TPSA) is 76.7 Å². The summed E-state index contributed by atoms with van der Waals surface area (Å²) in [4.78, 5) is 22.7. The molecular formula is C17H12O5. The molecule has 0 saturated heterocycles. The number of carboxylic acids is 1. The molecule has 22 heavy (non-hydrogen) atoms. The van der Waals surface area contributed by atoms with E-state index >= 15 is 0 Å². The number of hydrogen-bond acceptors (Lipinski definition) is 4. The summed E-state index contributed by atoms with van der Waals surface area (Å²) in [6.45, 7) is 1.28. The van der Waals surface area contributed by atoms with Crippen LogP contribution < -0.4 is 4.74 Å². The van der Waals surface area contributed by atoms with E-state index in [-0.39, 0.29) is 17.1 Å². The first-order chi connectivity index (χ1) is 10.6. The molecule has 1 aromatic heterocycles. The third-order valence-corrected chi connectivity index (χ3v) is 3.17. The van der Waals surface area contributed by atoms with Gasteiger partial charge < -0.3 is 14.3 Å². The highest BCUT2D eigenvalue weighted by molar-refractivity contribution is 6.08. The van der Waals surface area contributed by atoms with Gasteiger partial charge in [0.1, 0.15) is 22.7 Å². The second kappa shape index (κ2) is 5.37. The van der Waals surface area contributed by atoms with Crippen molar-refractivity contribution in [3.63, 3.8) is 0 Å². The van der Waals surface area contributed by atoms with Gasteiger partial charge in [-0.25, -0.2) is 4.79 Å². The van der Waals surface area contributed by atoms with E-state index < -0.39 is 11.9 Å². The number of fused-ring (bicyclic) bond motifs is 1. The van der Waals surface area contributed by atoms with Crippen LogP contribution in [0.15, 0.2) is 52.9 Å². The maximum atomic E-state index is 11.6. The van der Waals surface area contributed by atoms with Crippen LogP contribution in [-0.2, 0) is 4.79 Å². The summed E-state index contributed by atoms with van der Waals surface area (Å²) in [7, 11) is 0. The van der Waals surface area contributed by atoms with Crippen LogP contribution in [0.1, 0.15) is 17.3 Å². The first kappa shape index (κ1) is 13.9. The zero-order valence-corrected chi connectivity index (χ0v) is 11.7. The van der Waals surface area contributed by atoms with E-state index in [9.17, 15) is 14.7 Å². The van der Waals surface area contributed by atoms with Crippen molar-refractivity contribution in [1.29, 1.82) is 0 Å². The van der Waals surface area contributed by atoms with Crippen molar-refractivity contribution < 1.29 is 23.8 Å². The fourth-order valence-corrected chi connectivity index (χ4v) is 2.31. The van der Waals surface area contributed by atoms with Gasteiger partial charge in [0.15, 0.2) is 0 Å². The molecule has 0 amide bonds. The van der Waals surface area contributed by atoms with E-state index in [1.807, 2.05) is 6.07 Å². The number of hydrogen-bond donors (Lipinski definition) is 1. The van der Waals surface area contributed by atoms with Crippen molar-refractivity contribution in [2.75, 3.05) is 0 Å². The first-order valence-corrected chi connectivity index (χ1v) is 6.60. The molecule has 110 valence electrons. The van der Waals surface area contributed by atoms with Gasteiger partial charge in [0, 0.05) is 17.9 Å². The average molecular weight is 296 g/mol. The van der Waals surface area contributed by atoms with Crippen molar-refractivity contribution in [3.8, 4) is 17.1 Å². The summed E-state index contributed by atoms with van der Waals surface area (Å²) in [6, 6.07) is 13.6. The number of benzene rings is 2. The van der Waals surface area contributed by atoms with Crippen molar-refractivity contribution in [1.82, 2.24) is 0 Å². The molecule has 5 heteroatoms. The molecule has 0 bridgehead atoms. The van der Waals surface area contributed by atoms with E-state index in [1.54, 1.807) is 36.4 Å². The molecule has 5 nitrogen and oxygen atoms in total. The van der Waals surface area contributed by atoms with Crippen LogP contribution in [0, 0.1) is 0 Å². The maximum absolute atomic E-state index is 11.6. The van der Waals surface area contributed by atoms with E-state index in [0.29, 0.717) is 16.5 Å². The predicted molar refractivity (Wildman–Crippen MR) is 79.9 cm³/mol. The summed E-state index contributed by atoms with van der Waals surface area (Å²) < 4.78 is 10.7. The van der Waals surface area contributed by atoms with Crippen LogP contribution >= 0.6 is 0 Å². The summed E-state index contributed by atoms with van der Waals surface area (Å²) in [5, 5.41) is 9.91. The van der Waals surface area contributed by atoms with E-state index in [2.05, 4.69) is 0 Å². The minimum Gasteiger partial charge on any atom is -0.478 e. The Balaban J connectivity index is 2.24. The highest BCUT2D eigenvalue weighted by Crippen LogP contribution is 2.35. The van der Waals surface area contributed by atoms with Gasteiger partial charge in [-0.05, 0) is 18.2 Å². The first-order valence-electron chi connectivity index (χ1n) is 6.60. The van der Waals surface area contributed by atoms with Gasteiger partial charge in [0.25, 0.3) is 0 Å². The smallest absolute Gasteiger partial charge is 0.340 e. The third-order valence-electron chi connectivity index (χ3n) is 3.17. The molecule has 3 rings (SSSR count). The Morgan fingerprint density at radius 1 is 1.09 bits per heavy atom. The van der Waals surface area contributed by atoms with E-state index in [0.717, 1.165) is 0 Å². The number of carbonyl (C=O) groups excluding carboxylic acids is 1. The van der Waals surface area contributed by atoms with Gasteiger partial charge in [-0.15, -0.1) is 0 Å². The Labute approximate surface area is 125 Å². The zero-order chi connectivity index (χ0) is 15.7. The molecule has 0 aliphatic carbocycles. The number of rotatable bonds is 3. The largest absolute Gasteiger partial charge is 0.478 e. The second-order valence-electron chi connectivity index (χ2n) is 4.73. The van der Waals surface area contributed by atoms with Crippen molar-refractivity contribution in [2.24, 2.45) is 0 Å². The van der Waals surface area contributed by atoms with Gasteiger partial charge in [-0.3, -0.25) is 4.79 Å². The van der Waals surface area contributed by atoms with Crippen LogP contribution in [0.3, 0.4) is 0 Å². The van der Waals surface area contributed by atoms with Gasteiger partial charge in [-0.1, -0.05) is 30.3 Å². The Morgan fingerprint density at radius 2 is 1.82 bits per heavy atom. The number of carboxylic acid groups (broad SMARTS) is 1. The minimum absolute atomic E-state index is 0.0511. The lowest BCUT2D eigenvalue weighted by Crippen LogP contribution is -2.01. The fourth-order valence-electron chi connectivity index (χ4n) is 2.31. The van der Waals surface area contributed by atoms with E-state index in [1.165, 1.54) is 13.0 Å². The number of esters is 1. The normalized spacial score (nSPS) is 10.6. The lowest BCUT2D eigenvalue weighted by atomic mass is 10.1. The molecule has 0 unspecified atom stereocenters. The predicted octanol–water partition coefficient (Wildman–Crippen LogP) is 3.72. The molecule has 3 aromatic rings. The number of aromatic carboxylic acids is 1. The molecule has 0 saturated carbocycles. The SMILES string of the molecule is CC(=O)Oc1ccc2oc(-c3ccccc3)c(C(=O)O)c2c1. The second-order valence-corrected chi connectivity index (χ2v) is 4.73. The lowest BCUT2D eigenvalue weighted by Gasteiger charge is -2.00. The average Bonchev–Trinajstić information content (AvgIpc) is 2.86. The van der Waals surface area contributed by atoms with Gasteiger partial charge >= 0.3 is 11.9 Å². The van der Waals surface area contributed by atoms with Crippen LogP contribution in [0.4, 0.5) is 0 Å². The third kappa shape index (κ3) is 2.44. The van der Waals surface area contributed by atoms with E-state index in [4.69, 9.17) is 9.15 Å². The summed E-state index contributed by atoms with van der Waals surface area (Å²) in [5.74, 6) is -1.01. The Kier molecular flexibility index (Phi) is 3.39. The molecule has 1 heterocycles. The fraction of sp³-hybridized carbons (Fsp3) is 0.0588. The van der Waals surface area contributed by atoms with Crippen molar-refractivity contribution in [2.45, 2.75) is 6.92 Å². The Bertz CT molecular complexity index is 861. The van der Waals surface area contributed by atoms with Crippen molar-refractivity contribution >= 4 is 22.9 Å². The molecule has 0 atom stereocenters. The highest BCUT2D eigenvalue weighted by Gasteiger charge is 2.22. The molecule has 0 fully saturated rings. The monoisotopic (exact) mass is 296 g/mol. The quantitative estimate of drug-likeness (QED) is 0.588. The minimum atomic E-state index is -1.10. The highest BCUT2D eigenvalue weighted by atomic mass is 16.5. The van der Waals surface area contributed by atoms with Crippen LogP contribution in [-0.4, -0.2) is 17.0 Å². The molecule has 0 radical (unpaired) electrons. The summed E-state index contributed by atoms with van der Waals surface area (Å²) in [5.41, 5.74) is 1.15. The summed E-state index contributed by atoms with van der Waals surface area (Å²) >= 11 is 0. The number of carbonyl (C=O) groups is 2. The lowest BCUT2D eigenvalue weighted by molar-refractivity contribution is -0.131. The Morgan fingerprint density at radius 3 is 2.45 bits per heavy atom. The van der Waals surface area contributed by atoms with Crippen molar-refractivity contribution in [3.05, 3.63) is 54.1 Å². The molecule has 0 aliphatic heterocycles. The standard InChI is InChI=1S/C17H12O5/c1-10(18)21-12-7-8-14-13(9-12)15(17(19)20)16(22-14)11-5-3-2-4-6-11/h2-9H,1H3,(H,19,20). The molecule has 1 N–H and O–H groups in total. The van der Waals surface area contributed by atoms with Crippen LogP contribution in [0.25, 0.3) is 22.3 Å². The summed E-state index contributed by atoms with van der Waals surface area (Å²) in [6.07, 6.45) is 0. The van der Waals surface area contributed by atoms with Crippen LogP contribution in [0.5, 0.6) is 5.75 Å². The van der Waals surface area contributed by atoms with Gasteiger partial charge in [0.2, 0.25) is 0 Å². The van der Waals surface area contributed by atoms with Gasteiger partial charge in [0.05, 0.1) is 0 Å². The number of ether oxygens (including phenoxy) is 1. The Hall–Kier alpha value is -3.08. The molecule has 0 spiro atoms. The van der Waals surface area contributed by atoms with Gasteiger partial charge in [-0.2, -0.15) is 0 Å². The van der Waals surface area contributed by atoms with Crippen LogP contribution in [0.2, 0.25) is 0 Å². The molecule has 2 aromatic carbocycles. The molecular weight excluding hydrogens is 284 g/mol. The zero-order valence-electron chi connectivity index (χ0n) is 11.7. The molecule has 0 aliphatic rings. The number of furan rings is 1.